The SMILES string of the molecule is CCOc1ccc(N(CCC#N)C(=O)COC(=O)C=Cc2c(Cl)nc3sccn23)cc1. The number of amides is 1. The van der Waals surface area contributed by atoms with Crippen LogP contribution in [0, 0.1) is 11.3 Å². The van der Waals surface area contributed by atoms with Crippen LogP contribution in [0.4, 0.5) is 5.69 Å². The molecule has 1 amide bonds. The molecule has 2 aromatic heterocycles. The van der Waals surface area contributed by atoms with Crippen molar-refractivity contribution in [2.24, 2.45) is 0 Å². The average Bonchev–Trinajstić information content (AvgIpc) is 3.33. The number of nitrogens with zero attached hydrogens (tertiary/aromatic N) is 4. The maximum absolute atomic E-state index is 12.6. The lowest BCUT2D eigenvalue weighted by Gasteiger charge is -2.21. The zero-order valence-electron chi connectivity index (χ0n) is 16.7. The molecular weight excluding hydrogens is 440 g/mol. The van der Waals surface area contributed by atoms with Gasteiger partial charge in [-0.1, -0.05) is 11.6 Å². The van der Waals surface area contributed by atoms with E-state index in [1.54, 1.807) is 34.9 Å². The Hall–Kier alpha value is -3.35. The molecular formula is C21H19ClN4O4S. The highest BCUT2D eigenvalue weighted by Crippen LogP contribution is 2.23. The maximum Gasteiger partial charge on any atom is 0.331 e. The van der Waals surface area contributed by atoms with E-state index >= 15 is 0 Å². The van der Waals surface area contributed by atoms with Crippen molar-refractivity contribution in [2.75, 3.05) is 24.7 Å². The minimum atomic E-state index is -0.693. The quantitative estimate of drug-likeness (QED) is 0.355. The van der Waals surface area contributed by atoms with E-state index in [0.717, 1.165) is 0 Å². The first-order valence-corrected chi connectivity index (χ1v) is 10.6. The monoisotopic (exact) mass is 458 g/mol. The number of fused-ring (bicyclic) bond motifs is 1. The molecule has 0 unspecified atom stereocenters. The standard InChI is InChI=1S/C21H19ClN4O4S/c1-2-29-16-6-4-15(5-7-16)25(11-3-10-23)18(27)14-30-19(28)9-8-17-20(22)24-21-26(17)12-13-31-21/h4-9,12-13H,2-3,11,14H2,1H3. The predicted molar refractivity (Wildman–Crippen MR) is 118 cm³/mol. The molecule has 10 heteroatoms. The van der Waals surface area contributed by atoms with E-state index in [2.05, 4.69) is 4.98 Å². The summed E-state index contributed by atoms with van der Waals surface area (Å²) in [6, 6.07) is 8.93. The number of hydrogen-bond donors (Lipinski definition) is 0. The summed E-state index contributed by atoms with van der Waals surface area (Å²) in [5.74, 6) is -0.459. The normalized spacial score (nSPS) is 10.9. The van der Waals surface area contributed by atoms with Crippen LogP contribution >= 0.6 is 22.9 Å². The summed E-state index contributed by atoms with van der Waals surface area (Å²) in [5.41, 5.74) is 1.13. The summed E-state index contributed by atoms with van der Waals surface area (Å²) in [6.07, 6.45) is 4.61. The van der Waals surface area contributed by atoms with Crippen molar-refractivity contribution in [3.63, 3.8) is 0 Å². The highest BCUT2D eigenvalue weighted by Gasteiger charge is 2.17. The number of carbonyl (C=O) groups is 2. The second kappa shape index (κ2) is 10.6. The molecule has 0 saturated carbocycles. The van der Waals surface area contributed by atoms with Gasteiger partial charge in [-0.15, -0.1) is 11.3 Å². The third-order valence-corrected chi connectivity index (χ3v) is 5.21. The van der Waals surface area contributed by atoms with Gasteiger partial charge in [0.15, 0.2) is 16.7 Å². The first-order chi connectivity index (χ1) is 15.0. The summed E-state index contributed by atoms with van der Waals surface area (Å²) in [6.45, 7) is 2.12. The van der Waals surface area contributed by atoms with Crippen molar-refractivity contribution >= 4 is 51.5 Å². The van der Waals surface area contributed by atoms with Gasteiger partial charge in [-0.05, 0) is 37.3 Å². The number of carbonyl (C=O) groups excluding carboxylic acids is 2. The first kappa shape index (κ1) is 22.3. The highest BCUT2D eigenvalue weighted by molar-refractivity contribution is 7.15. The van der Waals surface area contributed by atoms with Gasteiger partial charge in [-0.3, -0.25) is 9.20 Å². The number of hydrogen-bond acceptors (Lipinski definition) is 7. The molecule has 0 N–H and O–H groups in total. The number of thiazole rings is 1. The number of anilines is 1. The molecule has 0 aliphatic carbocycles. The fourth-order valence-corrected chi connectivity index (χ4v) is 3.79. The zero-order valence-corrected chi connectivity index (χ0v) is 18.2. The van der Waals surface area contributed by atoms with Crippen LogP contribution in [0.25, 0.3) is 11.0 Å². The minimum absolute atomic E-state index is 0.142. The van der Waals surface area contributed by atoms with Crippen LogP contribution in [0.3, 0.4) is 0 Å². The molecule has 0 atom stereocenters. The Kier molecular flexibility index (Phi) is 7.65. The third kappa shape index (κ3) is 5.63. The average molecular weight is 459 g/mol. The molecule has 160 valence electrons. The molecule has 3 aromatic rings. The number of benzene rings is 1. The molecule has 0 fully saturated rings. The van der Waals surface area contributed by atoms with Crippen LogP contribution in [-0.2, 0) is 14.3 Å². The third-order valence-electron chi connectivity index (χ3n) is 4.18. The van der Waals surface area contributed by atoms with Gasteiger partial charge < -0.3 is 14.4 Å². The molecule has 0 bridgehead atoms. The van der Waals surface area contributed by atoms with Crippen molar-refractivity contribution in [2.45, 2.75) is 13.3 Å². The number of aromatic nitrogens is 2. The van der Waals surface area contributed by atoms with E-state index in [4.69, 9.17) is 26.3 Å². The molecule has 0 radical (unpaired) electrons. The lowest BCUT2D eigenvalue weighted by molar-refractivity contribution is -0.142. The smallest absolute Gasteiger partial charge is 0.331 e. The van der Waals surface area contributed by atoms with Gasteiger partial charge in [0.05, 0.1) is 24.8 Å². The van der Waals surface area contributed by atoms with Gasteiger partial charge in [0.1, 0.15) is 5.75 Å². The van der Waals surface area contributed by atoms with E-state index in [1.165, 1.54) is 28.4 Å². The van der Waals surface area contributed by atoms with Crippen molar-refractivity contribution in [1.82, 2.24) is 9.38 Å². The van der Waals surface area contributed by atoms with Crippen molar-refractivity contribution in [1.29, 1.82) is 5.26 Å². The maximum atomic E-state index is 12.6. The van der Waals surface area contributed by atoms with Gasteiger partial charge >= 0.3 is 5.97 Å². The molecule has 0 saturated heterocycles. The van der Waals surface area contributed by atoms with E-state index in [1.807, 2.05) is 18.4 Å². The summed E-state index contributed by atoms with van der Waals surface area (Å²) in [4.78, 5) is 31.0. The van der Waals surface area contributed by atoms with Gasteiger partial charge in [0.25, 0.3) is 5.91 Å². The Morgan fingerprint density at radius 3 is 2.84 bits per heavy atom. The molecule has 0 spiro atoms. The number of halogens is 1. The van der Waals surface area contributed by atoms with Crippen LogP contribution in [-0.4, -0.2) is 41.0 Å². The van der Waals surface area contributed by atoms with Gasteiger partial charge in [0, 0.05) is 29.9 Å². The summed E-state index contributed by atoms with van der Waals surface area (Å²) in [7, 11) is 0. The number of ether oxygens (including phenoxy) is 2. The van der Waals surface area contributed by atoms with Crippen LogP contribution in [0.5, 0.6) is 5.75 Å². The number of esters is 1. The highest BCUT2D eigenvalue weighted by atomic mass is 35.5. The molecule has 0 aliphatic rings. The lowest BCUT2D eigenvalue weighted by Crippen LogP contribution is -2.35. The minimum Gasteiger partial charge on any atom is -0.494 e. The Balaban J connectivity index is 1.63. The molecule has 31 heavy (non-hydrogen) atoms. The summed E-state index contributed by atoms with van der Waals surface area (Å²) in [5, 5.41) is 11.0. The predicted octanol–water partition coefficient (Wildman–Crippen LogP) is 3.95. The molecule has 0 aliphatic heterocycles. The Bertz CT molecular complexity index is 1130. The fraction of sp³-hybridized carbons (Fsp3) is 0.238. The van der Waals surface area contributed by atoms with Gasteiger partial charge in [-0.25, -0.2) is 9.78 Å². The van der Waals surface area contributed by atoms with E-state index in [-0.39, 0.29) is 18.1 Å². The Labute approximate surface area is 187 Å². The number of nitriles is 1. The molecule has 3 rings (SSSR count). The fourth-order valence-electron chi connectivity index (χ4n) is 2.78. The van der Waals surface area contributed by atoms with E-state index < -0.39 is 18.5 Å². The van der Waals surface area contributed by atoms with Crippen molar-refractivity contribution in [3.05, 3.63) is 52.8 Å². The van der Waals surface area contributed by atoms with Crippen LogP contribution < -0.4 is 9.64 Å². The molecule has 8 nitrogen and oxygen atoms in total. The second-order valence-electron chi connectivity index (χ2n) is 6.16. The van der Waals surface area contributed by atoms with Gasteiger partial charge in [-0.2, -0.15) is 5.26 Å². The largest absolute Gasteiger partial charge is 0.494 e. The summed E-state index contributed by atoms with van der Waals surface area (Å²) < 4.78 is 12.2. The number of rotatable bonds is 9. The van der Waals surface area contributed by atoms with Crippen LogP contribution in [0.2, 0.25) is 5.15 Å². The van der Waals surface area contributed by atoms with Crippen LogP contribution in [0.15, 0.2) is 41.9 Å². The first-order valence-electron chi connectivity index (χ1n) is 9.39. The van der Waals surface area contributed by atoms with Crippen molar-refractivity contribution < 1.29 is 19.1 Å². The van der Waals surface area contributed by atoms with Gasteiger partial charge in [0.2, 0.25) is 0 Å². The molecule has 1 aromatic carbocycles. The number of imidazole rings is 1. The zero-order chi connectivity index (χ0) is 22.2. The topological polar surface area (TPSA) is 96.9 Å². The molecule has 2 heterocycles. The van der Waals surface area contributed by atoms with E-state index in [0.29, 0.717) is 28.7 Å². The second-order valence-corrected chi connectivity index (χ2v) is 7.40. The Morgan fingerprint density at radius 1 is 1.35 bits per heavy atom. The Morgan fingerprint density at radius 2 is 2.13 bits per heavy atom. The summed E-state index contributed by atoms with van der Waals surface area (Å²) >= 11 is 7.50. The lowest BCUT2D eigenvalue weighted by atomic mass is 10.2. The van der Waals surface area contributed by atoms with Crippen LogP contribution in [0.1, 0.15) is 19.0 Å². The van der Waals surface area contributed by atoms with E-state index in [9.17, 15) is 9.59 Å². The van der Waals surface area contributed by atoms with Crippen molar-refractivity contribution in [3.8, 4) is 11.8 Å².